The largest absolute Gasteiger partial charge is 0.606 e. The van der Waals surface area contributed by atoms with E-state index < -0.39 is 27.8 Å². The van der Waals surface area contributed by atoms with Gasteiger partial charge in [0, 0.05) is 22.4 Å². The highest BCUT2D eigenvalue weighted by Crippen LogP contribution is 2.63. The van der Waals surface area contributed by atoms with Crippen molar-refractivity contribution in [3.8, 4) is 22.3 Å². The Balaban J connectivity index is 1.38. The minimum atomic E-state index is -1.33. The molecule has 0 fully saturated rings. The minimum Gasteiger partial charge on any atom is -0.606 e. The first-order valence-corrected chi connectivity index (χ1v) is 16.7. The van der Waals surface area contributed by atoms with Crippen LogP contribution in [0.15, 0.2) is 153 Å². The van der Waals surface area contributed by atoms with Gasteiger partial charge < -0.3 is 9.11 Å². The first-order chi connectivity index (χ1) is 21.0. The highest BCUT2D eigenvalue weighted by Gasteiger charge is 2.52. The van der Waals surface area contributed by atoms with Gasteiger partial charge in [-0.15, -0.1) is 0 Å². The molecule has 2 aliphatic rings. The van der Waals surface area contributed by atoms with Crippen LogP contribution in [0.2, 0.25) is 0 Å². The van der Waals surface area contributed by atoms with Gasteiger partial charge in [-0.3, -0.25) is 0 Å². The molecule has 208 valence electrons. The lowest BCUT2D eigenvalue weighted by atomic mass is 9.70. The molecule has 8 rings (SSSR count). The molecule has 0 N–H and O–H groups in total. The van der Waals surface area contributed by atoms with Crippen molar-refractivity contribution in [3.05, 3.63) is 167 Å². The van der Waals surface area contributed by atoms with Crippen molar-refractivity contribution >= 4 is 22.4 Å². The predicted molar refractivity (Wildman–Crippen MR) is 174 cm³/mol. The van der Waals surface area contributed by atoms with Crippen molar-refractivity contribution in [2.24, 2.45) is 0 Å². The Morgan fingerprint density at radius 2 is 0.744 bits per heavy atom. The van der Waals surface area contributed by atoms with Crippen molar-refractivity contribution in [1.29, 1.82) is 0 Å². The lowest BCUT2D eigenvalue weighted by Gasteiger charge is -2.30. The highest BCUT2D eigenvalue weighted by atomic mass is 32.2. The summed E-state index contributed by atoms with van der Waals surface area (Å²) >= 11 is -2.66. The van der Waals surface area contributed by atoms with Gasteiger partial charge in [0.25, 0.3) is 0 Å². The molecule has 2 atom stereocenters. The van der Waals surface area contributed by atoms with Gasteiger partial charge in [0.1, 0.15) is 0 Å². The molecule has 0 aromatic heterocycles. The van der Waals surface area contributed by atoms with Crippen molar-refractivity contribution in [1.82, 2.24) is 0 Å². The van der Waals surface area contributed by atoms with Crippen LogP contribution in [0.4, 0.5) is 0 Å². The molecule has 2 unspecified atom stereocenters. The van der Waals surface area contributed by atoms with Crippen molar-refractivity contribution < 1.29 is 9.11 Å². The highest BCUT2D eigenvalue weighted by molar-refractivity contribution is 7.91. The Labute approximate surface area is 258 Å². The lowest BCUT2D eigenvalue weighted by molar-refractivity contribution is 0.594. The van der Waals surface area contributed by atoms with E-state index in [4.69, 9.17) is 0 Å². The summed E-state index contributed by atoms with van der Waals surface area (Å²) in [7, 11) is 0. The van der Waals surface area contributed by atoms with Gasteiger partial charge in [-0.05, 0) is 119 Å². The molecule has 0 bridgehead atoms. The normalized spacial score (nSPS) is 15.0. The quantitative estimate of drug-likeness (QED) is 0.192. The SMILES string of the molecule is Cc1ccc([S+]([O-])c2ccc3c(c2)C2(c4ccccc4-c4ccccc42)c2cc([S+]([O-])c4ccc(C)cc4)ccc2-3)cc1. The summed E-state index contributed by atoms with van der Waals surface area (Å²) in [6.45, 7) is 4.08. The Hall–Kier alpha value is -4.06. The standard InChI is InChI=1S/C39H28O2S2/c1-25-11-15-27(16-12-25)42(40)29-19-21-33-34-22-20-30(43(41)28-17-13-26(2)14-18-28)24-38(34)39(37(33)23-29)35-9-5-3-7-31(35)32-8-4-6-10-36(32)39/h3-24H,1-2H3. The summed E-state index contributed by atoms with van der Waals surface area (Å²) in [4.78, 5) is 3.14. The van der Waals surface area contributed by atoms with Crippen LogP contribution in [0.5, 0.6) is 0 Å². The van der Waals surface area contributed by atoms with E-state index in [9.17, 15) is 9.11 Å². The van der Waals surface area contributed by atoms with E-state index in [0.29, 0.717) is 0 Å². The first-order valence-electron chi connectivity index (χ1n) is 14.4. The van der Waals surface area contributed by atoms with E-state index in [1.807, 2.05) is 74.5 Å². The van der Waals surface area contributed by atoms with Gasteiger partial charge >= 0.3 is 0 Å². The first kappa shape index (κ1) is 26.6. The Bertz CT molecular complexity index is 1880. The maximum atomic E-state index is 13.9. The average Bonchev–Trinajstić information content (AvgIpc) is 3.51. The molecule has 6 aromatic rings. The number of aryl methyl sites for hydroxylation is 2. The molecule has 6 aromatic carbocycles. The molecule has 0 aliphatic heterocycles. The molecule has 0 radical (unpaired) electrons. The smallest absolute Gasteiger partial charge is 0.158 e. The average molecular weight is 593 g/mol. The Morgan fingerprint density at radius 3 is 1.16 bits per heavy atom. The minimum absolute atomic E-state index is 0.612. The summed E-state index contributed by atoms with van der Waals surface area (Å²) in [5.41, 5.74) is 11.0. The van der Waals surface area contributed by atoms with Crippen LogP contribution in [0.1, 0.15) is 33.4 Å². The summed E-state index contributed by atoms with van der Waals surface area (Å²) < 4.78 is 27.8. The van der Waals surface area contributed by atoms with Crippen LogP contribution in [-0.2, 0) is 27.8 Å². The van der Waals surface area contributed by atoms with Crippen LogP contribution in [0, 0.1) is 13.8 Å². The van der Waals surface area contributed by atoms with Gasteiger partial charge in [0.05, 0.1) is 5.41 Å². The molecular formula is C39H28O2S2. The predicted octanol–water partition coefficient (Wildman–Crippen LogP) is 8.98. The molecule has 2 aliphatic carbocycles. The molecule has 0 amide bonds. The lowest BCUT2D eigenvalue weighted by Crippen LogP contribution is -2.26. The summed E-state index contributed by atoms with van der Waals surface area (Å²) in [5, 5.41) is 0. The van der Waals surface area contributed by atoms with E-state index >= 15 is 0 Å². The van der Waals surface area contributed by atoms with Crippen LogP contribution in [-0.4, -0.2) is 9.11 Å². The second-order valence-corrected chi connectivity index (χ2v) is 14.4. The van der Waals surface area contributed by atoms with Crippen molar-refractivity contribution in [2.75, 3.05) is 0 Å². The second kappa shape index (κ2) is 10.0. The summed E-state index contributed by atoms with van der Waals surface area (Å²) in [6.07, 6.45) is 0. The third-order valence-electron chi connectivity index (χ3n) is 8.93. The van der Waals surface area contributed by atoms with Gasteiger partial charge in [0.15, 0.2) is 19.6 Å². The number of hydrogen-bond acceptors (Lipinski definition) is 2. The summed E-state index contributed by atoms with van der Waals surface area (Å²) in [6, 6.07) is 45.7. The van der Waals surface area contributed by atoms with E-state index in [0.717, 1.165) is 53.0 Å². The fourth-order valence-corrected chi connectivity index (χ4v) is 9.07. The molecule has 0 heterocycles. The second-order valence-electron chi connectivity index (χ2n) is 11.4. The molecular weight excluding hydrogens is 565 g/mol. The maximum absolute atomic E-state index is 13.9. The molecule has 1 spiro atoms. The monoisotopic (exact) mass is 592 g/mol. The fraction of sp³-hybridized carbons (Fsp3) is 0.0769. The van der Waals surface area contributed by atoms with E-state index in [1.165, 1.54) is 22.3 Å². The van der Waals surface area contributed by atoms with E-state index in [2.05, 4.69) is 72.8 Å². The van der Waals surface area contributed by atoms with Gasteiger partial charge in [-0.1, -0.05) is 83.9 Å². The zero-order chi connectivity index (χ0) is 29.3. The Kier molecular flexibility index (Phi) is 6.18. The topological polar surface area (TPSA) is 46.1 Å². The van der Waals surface area contributed by atoms with Crippen LogP contribution < -0.4 is 0 Å². The number of benzene rings is 6. The third kappa shape index (κ3) is 3.91. The van der Waals surface area contributed by atoms with E-state index in [-0.39, 0.29) is 0 Å². The molecule has 4 heteroatoms. The third-order valence-corrected chi connectivity index (χ3v) is 11.7. The van der Waals surface area contributed by atoms with Crippen molar-refractivity contribution in [2.45, 2.75) is 38.8 Å². The summed E-state index contributed by atoms with van der Waals surface area (Å²) in [5.74, 6) is 0. The maximum Gasteiger partial charge on any atom is 0.158 e. The molecule has 2 nitrogen and oxygen atoms in total. The van der Waals surface area contributed by atoms with Gasteiger partial charge in [-0.25, -0.2) is 0 Å². The Morgan fingerprint density at radius 1 is 0.395 bits per heavy atom. The van der Waals surface area contributed by atoms with Gasteiger partial charge in [0.2, 0.25) is 0 Å². The zero-order valence-electron chi connectivity index (χ0n) is 23.8. The van der Waals surface area contributed by atoms with E-state index in [1.54, 1.807) is 0 Å². The number of hydrogen-bond donors (Lipinski definition) is 0. The number of rotatable bonds is 4. The van der Waals surface area contributed by atoms with Crippen LogP contribution in [0.25, 0.3) is 22.3 Å². The van der Waals surface area contributed by atoms with Crippen LogP contribution in [0.3, 0.4) is 0 Å². The molecule has 0 saturated heterocycles. The molecule has 0 saturated carbocycles. The zero-order valence-corrected chi connectivity index (χ0v) is 25.5. The van der Waals surface area contributed by atoms with Crippen molar-refractivity contribution in [3.63, 3.8) is 0 Å². The number of fused-ring (bicyclic) bond motifs is 10. The molecule has 43 heavy (non-hydrogen) atoms. The fourth-order valence-electron chi connectivity index (χ4n) is 6.92. The van der Waals surface area contributed by atoms with Gasteiger partial charge in [-0.2, -0.15) is 0 Å². The van der Waals surface area contributed by atoms with Crippen LogP contribution >= 0.6 is 0 Å².